The van der Waals surface area contributed by atoms with Crippen LogP contribution in [0.3, 0.4) is 0 Å². The van der Waals surface area contributed by atoms with E-state index in [1.54, 1.807) is 0 Å². The molecule has 0 aliphatic rings. The van der Waals surface area contributed by atoms with Gasteiger partial charge in [0, 0.05) is 38.2 Å². The van der Waals surface area contributed by atoms with Crippen molar-refractivity contribution in [3.05, 3.63) is 291 Å². The van der Waals surface area contributed by atoms with Crippen LogP contribution in [0.25, 0.3) is 155 Å². The molecule has 0 aliphatic carbocycles. The molecule has 15 aromatic rings. The smallest absolute Gasteiger partial charge is 0.143 e. The molecule has 0 amide bonds. The van der Waals surface area contributed by atoms with Crippen LogP contribution in [0.15, 0.2) is 296 Å². The van der Waals surface area contributed by atoms with Gasteiger partial charge in [0.1, 0.15) is 11.2 Å². The van der Waals surface area contributed by atoms with Crippen molar-refractivity contribution in [3.8, 4) is 100 Å². The summed E-state index contributed by atoms with van der Waals surface area (Å²) < 4.78 is 7.44. The molecule has 0 bridgehead atoms. The predicted molar refractivity (Wildman–Crippen MR) is 331 cm³/mol. The van der Waals surface area contributed by atoms with E-state index in [9.17, 15) is 0 Å². The van der Waals surface area contributed by atoms with Crippen molar-refractivity contribution >= 4 is 54.5 Å². The fourth-order valence-electron chi connectivity index (χ4n) is 11.7. The van der Waals surface area contributed by atoms with Crippen LogP contribution in [-0.4, -0.2) is 9.97 Å². The standard InChI is InChI=1S/C76H48N2O/c1-6-21-49(22-7-1)56-38-57(50-23-8-2-9-24-50)41-60(40-56)62-44-68(53-29-14-5-15-30-53)75-70(46-62)71-47-63(61-42-58(51-25-10-3-11-26-51)39-59(43-61)52-27-12-4-13-28-52)45-69(76(71)79-75)54-31-20-32-55(37-54)72-48-77-73-66-35-18-16-33-64(66)65-34-17-19-36-67(65)74(73)78-72/h1-48H. The molecule has 0 spiro atoms. The first-order valence-corrected chi connectivity index (χ1v) is 26.9. The third-order valence-electron chi connectivity index (χ3n) is 15.6. The van der Waals surface area contributed by atoms with Gasteiger partial charge in [-0.1, -0.05) is 218 Å². The van der Waals surface area contributed by atoms with Crippen molar-refractivity contribution in [2.45, 2.75) is 0 Å². The van der Waals surface area contributed by atoms with Gasteiger partial charge in [-0.25, -0.2) is 4.98 Å². The average molecular weight is 1010 g/mol. The highest BCUT2D eigenvalue weighted by molar-refractivity contribution is 6.23. The molecule has 2 aromatic heterocycles. The Morgan fingerprint density at radius 1 is 0.215 bits per heavy atom. The Morgan fingerprint density at radius 2 is 0.532 bits per heavy atom. The van der Waals surface area contributed by atoms with E-state index in [4.69, 9.17) is 14.4 Å². The molecule has 0 unspecified atom stereocenters. The lowest BCUT2D eigenvalue weighted by Gasteiger charge is -2.14. The molecule has 368 valence electrons. The minimum Gasteiger partial charge on any atom is -0.455 e. The van der Waals surface area contributed by atoms with E-state index in [1.165, 1.54) is 21.9 Å². The Morgan fingerprint density at radius 3 is 0.975 bits per heavy atom. The number of furan rings is 1. The summed E-state index contributed by atoms with van der Waals surface area (Å²) in [4.78, 5) is 10.6. The van der Waals surface area contributed by atoms with Crippen molar-refractivity contribution in [1.29, 1.82) is 0 Å². The molecule has 0 saturated carbocycles. The number of fused-ring (bicyclic) bond motifs is 9. The lowest BCUT2D eigenvalue weighted by Crippen LogP contribution is -1.92. The van der Waals surface area contributed by atoms with Gasteiger partial charge < -0.3 is 4.42 Å². The van der Waals surface area contributed by atoms with Gasteiger partial charge in [-0.15, -0.1) is 0 Å². The van der Waals surface area contributed by atoms with Gasteiger partial charge >= 0.3 is 0 Å². The van der Waals surface area contributed by atoms with E-state index in [0.717, 1.165) is 133 Å². The van der Waals surface area contributed by atoms with E-state index in [2.05, 4.69) is 285 Å². The minimum absolute atomic E-state index is 0.804. The van der Waals surface area contributed by atoms with Gasteiger partial charge in [0.05, 0.1) is 22.9 Å². The molecule has 0 fully saturated rings. The van der Waals surface area contributed by atoms with Crippen molar-refractivity contribution in [3.63, 3.8) is 0 Å². The zero-order chi connectivity index (χ0) is 52.2. The van der Waals surface area contributed by atoms with Crippen molar-refractivity contribution < 1.29 is 4.42 Å². The maximum absolute atomic E-state index is 7.44. The molecule has 0 N–H and O–H groups in total. The first kappa shape index (κ1) is 45.9. The third-order valence-corrected chi connectivity index (χ3v) is 15.6. The van der Waals surface area contributed by atoms with Crippen molar-refractivity contribution in [2.24, 2.45) is 0 Å². The molecule has 0 saturated heterocycles. The van der Waals surface area contributed by atoms with Crippen LogP contribution >= 0.6 is 0 Å². The normalized spacial score (nSPS) is 11.5. The molecule has 0 radical (unpaired) electrons. The van der Waals surface area contributed by atoms with Gasteiger partial charge in [-0.05, 0) is 155 Å². The Labute approximate surface area is 458 Å². The quantitative estimate of drug-likeness (QED) is 0.135. The summed E-state index contributed by atoms with van der Waals surface area (Å²) in [6, 6.07) is 103. The van der Waals surface area contributed by atoms with Gasteiger partial charge in [0.25, 0.3) is 0 Å². The Kier molecular flexibility index (Phi) is 11.2. The fraction of sp³-hybridized carbons (Fsp3) is 0. The Bertz CT molecular complexity index is 4650. The Hall–Kier alpha value is -10.5. The molecule has 3 heteroatoms. The van der Waals surface area contributed by atoms with E-state index >= 15 is 0 Å². The summed E-state index contributed by atoms with van der Waals surface area (Å²) in [5.74, 6) is 0. The topological polar surface area (TPSA) is 38.9 Å². The predicted octanol–water partition coefficient (Wildman–Crippen LogP) is 20.8. The van der Waals surface area contributed by atoms with Crippen LogP contribution in [0.1, 0.15) is 0 Å². The Balaban J connectivity index is 0.996. The first-order valence-electron chi connectivity index (χ1n) is 26.9. The van der Waals surface area contributed by atoms with E-state index < -0.39 is 0 Å². The second-order valence-electron chi connectivity index (χ2n) is 20.5. The second-order valence-corrected chi connectivity index (χ2v) is 20.5. The summed E-state index contributed by atoms with van der Waals surface area (Å²) >= 11 is 0. The maximum Gasteiger partial charge on any atom is 0.143 e. The summed E-state index contributed by atoms with van der Waals surface area (Å²) in [5, 5.41) is 6.60. The van der Waals surface area contributed by atoms with Crippen LogP contribution in [0.2, 0.25) is 0 Å². The summed E-state index contributed by atoms with van der Waals surface area (Å²) in [5.41, 5.74) is 23.0. The lowest BCUT2D eigenvalue weighted by atomic mass is 9.89. The zero-order valence-electron chi connectivity index (χ0n) is 43.0. The fourth-order valence-corrected chi connectivity index (χ4v) is 11.7. The van der Waals surface area contributed by atoms with Crippen LogP contribution in [-0.2, 0) is 0 Å². The molecule has 13 aromatic carbocycles. The van der Waals surface area contributed by atoms with Crippen LogP contribution in [0.5, 0.6) is 0 Å². The largest absolute Gasteiger partial charge is 0.455 e. The highest BCUT2D eigenvalue weighted by Gasteiger charge is 2.22. The third kappa shape index (κ3) is 8.33. The molecule has 3 nitrogen and oxygen atoms in total. The average Bonchev–Trinajstić information content (AvgIpc) is 4.15. The number of hydrogen-bond donors (Lipinski definition) is 0. The van der Waals surface area contributed by atoms with Crippen LogP contribution in [0, 0.1) is 0 Å². The second kappa shape index (κ2) is 19.3. The van der Waals surface area contributed by atoms with Gasteiger partial charge in [-0.3, -0.25) is 4.98 Å². The van der Waals surface area contributed by atoms with Crippen molar-refractivity contribution in [2.75, 3.05) is 0 Å². The molecule has 0 atom stereocenters. The molecule has 2 heterocycles. The zero-order valence-corrected chi connectivity index (χ0v) is 43.0. The molecule has 79 heavy (non-hydrogen) atoms. The van der Waals surface area contributed by atoms with E-state index in [1.807, 2.05) is 6.20 Å². The highest BCUT2D eigenvalue weighted by atomic mass is 16.3. The van der Waals surface area contributed by atoms with Gasteiger partial charge in [-0.2, -0.15) is 0 Å². The van der Waals surface area contributed by atoms with Crippen LogP contribution < -0.4 is 0 Å². The van der Waals surface area contributed by atoms with Gasteiger partial charge in [0.2, 0.25) is 0 Å². The number of aromatic nitrogens is 2. The number of benzene rings is 13. The van der Waals surface area contributed by atoms with E-state index in [-0.39, 0.29) is 0 Å². The molecular weight excluding hydrogens is 957 g/mol. The SMILES string of the molecule is c1ccc(-c2cc(-c3ccccc3)cc(-c3cc(-c4ccccc4)c4oc5c(-c6cccc(-c7cnc8c9ccccc9c9ccccc9c8n7)c6)cc(-c6cc(-c7ccccc7)cc(-c7ccccc7)c6)cc5c4c3)c2)cc1. The summed E-state index contributed by atoms with van der Waals surface area (Å²) in [7, 11) is 0. The van der Waals surface area contributed by atoms with E-state index in [0.29, 0.717) is 0 Å². The maximum atomic E-state index is 7.44. The summed E-state index contributed by atoms with van der Waals surface area (Å²) in [6.45, 7) is 0. The van der Waals surface area contributed by atoms with Gasteiger partial charge in [0.15, 0.2) is 0 Å². The number of hydrogen-bond acceptors (Lipinski definition) is 3. The molecular formula is C76H48N2O. The molecule has 0 aliphatic heterocycles. The highest BCUT2D eigenvalue weighted by Crippen LogP contribution is 2.47. The monoisotopic (exact) mass is 1000 g/mol. The minimum atomic E-state index is 0.804. The number of rotatable bonds is 9. The van der Waals surface area contributed by atoms with Crippen LogP contribution in [0.4, 0.5) is 0 Å². The molecule has 15 rings (SSSR count). The lowest BCUT2D eigenvalue weighted by molar-refractivity contribution is 0.671. The summed E-state index contributed by atoms with van der Waals surface area (Å²) in [6.07, 6.45) is 1.93. The van der Waals surface area contributed by atoms with Crippen molar-refractivity contribution in [1.82, 2.24) is 9.97 Å². The first-order chi connectivity index (χ1) is 39.1. The number of nitrogens with zero attached hydrogens (tertiary/aromatic N) is 2.